The standard InChI is InChI=1S/C13H26N2O3S/c1-11(12-3-4-12)15(9-10-18-2)19(16,17)13-5-7-14-8-6-13/h11-14H,3-10H2,1-2H3. The Hall–Kier alpha value is -0.170. The number of rotatable bonds is 7. The van der Waals surface area contributed by atoms with E-state index in [0.717, 1.165) is 38.8 Å². The number of sulfonamides is 1. The van der Waals surface area contributed by atoms with Crippen molar-refractivity contribution in [2.45, 2.75) is 43.9 Å². The topological polar surface area (TPSA) is 58.6 Å². The summed E-state index contributed by atoms with van der Waals surface area (Å²) in [5.74, 6) is 0.549. The predicted molar refractivity (Wildman–Crippen MR) is 75.6 cm³/mol. The fraction of sp³-hybridized carbons (Fsp3) is 1.00. The number of ether oxygens (including phenoxy) is 1. The first kappa shape index (κ1) is 15.2. The highest BCUT2D eigenvalue weighted by Gasteiger charge is 2.40. The van der Waals surface area contributed by atoms with E-state index in [-0.39, 0.29) is 11.3 Å². The summed E-state index contributed by atoms with van der Waals surface area (Å²) in [5.41, 5.74) is 0. The molecule has 2 rings (SSSR count). The van der Waals surface area contributed by atoms with Crippen molar-refractivity contribution in [2.24, 2.45) is 5.92 Å². The van der Waals surface area contributed by atoms with E-state index in [4.69, 9.17) is 4.74 Å². The van der Waals surface area contributed by atoms with Crippen molar-refractivity contribution >= 4 is 10.0 Å². The molecule has 5 nitrogen and oxygen atoms in total. The molecule has 6 heteroatoms. The van der Waals surface area contributed by atoms with E-state index in [0.29, 0.717) is 19.1 Å². The second-order valence-corrected chi connectivity index (χ2v) is 7.84. The molecule has 1 aliphatic carbocycles. The predicted octanol–water partition coefficient (Wildman–Crippen LogP) is 0.815. The third-order valence-electron chi connectivity index (χ3n) is 4.31. The molecule has 19 heavy (non-hydrogen) atoms. The van der Waals surface area contributed by atoms with E-state index in [1.54, 1.807) is 11.4 Å². The van der Waals surface area contributed by atoms with E-state index in [9.17, 15) is 8.42 Å². The van der Waals surface area contributed by atoms with E-state index in [1.807, 2.05) is 6.92 Å². The lowest BCUT2D eigenvalue weighted by molar-refractivity contribution is 0.163. The van der Waals surface area contributed by atoms with E-state index < -0.39 is 10.0 Å². The van der Waals surface area contributed by atoms with Crippen molar-refractivity contribution in [2.75, 3.05) is 33.4 Å². The Morgan fingerprint density at radius 2 is 1.89 bits per heavy atom. The van der Waals surface area contributed by atoms with Crippen LogP contribution in [0.1, 0.15) is 32.6 Å². The van der Waals surface area contributed by atoms with Crippen LogP contribution in [0, 0.1) is 5.92 Å². The lowest BCUT2D eigenvalue weighted by atomic mass is 10.2. The second kappa shape index (κ2) is 6.52. The van der Waals surface area contributed by atoms with Crippen molar-refractivity contribution in [3.8, 4) is 0 Å². The fourth-order valence-corrected chi connectivity index (χ4v) is 5.02. The van der Waals surface area contributed by atoms with Crippen LogP contribution >= 0.6 is 0 Å². The van der Waals surface area contributed by atoms with Crippen LogP contribution in [-0.2, 0) is 14.8 Å². The van der Waals surface area contributed by atoms with Crippen LogP contribution in [0.3, 0.4) is 0 Å². The molecular formula is C13H26N2O3S. The molecule has 0 radical (unpaired) electrons. The van der Waals surface area contributed by atoms with E-state index >= 15 is 0 Å². The Labute approximate surface area is 116 Å². The van der Waals surface area contributed by atoms with Crippen LogP contribution in [0.5, 0.6) is 0 Å². The molecule has 0 amide bonds. The van der Waals surface area contributed by atoms with Crippen LogP contribution in [0.15, 0.2) is 0 Å². The highest BCUT2D eigenvalue weighted by Crippen LogP contribution is 2.37. The smallest absolute Gasteiger partial charge is 0.217 e. The largest absolute Gasteiger partial charge is 0.383 e. The lowest BCUT2D eigenvalue weighted by Gasteiger charge is -2.33. The van der Waals surface area contributed by atoms with Gasteiger partial charge in [-0.3, -0.25) is 0 Å². The van der Waals surface area contributed by atoms with Gasteiger partial charge >= 0.3 is 0 Å². The molecule has 1 saturated heterocycles. The SMILES string of the molecule is COCCN(C(C)C1CC1)S(=O)(=O)C1CCNCC1. The third-order valence-corrected chi connectivity index (χ3v) is 6.79. The highest BCUT2D eigenvalue weighted by molar-refractivity contribution is 7.89. The molecule has 0 spiro atoms. The van der Waals surface area contributed by atoms with Crippen molar-refractivity contribution < 1.29 is 13.2 Å². The summed E-state index contributed by atoms with van der Waals surface area (Å²) in [7, 11) is -1.57. The quantitative estimate of drug-likeness (QED) is 0.754. The molecule has 1 aliphatic heterocycles. The molecule has 0 aromatic carbocycles. The molecule has 2 fully saturated rings. The van der Waals surface area contributed by atoms with Gasteiger partial charge in [0.1, 0.15) is 0 Å². The Morgan fingerprint density at radius 3 is 2.42 bits per heavy atom. The van der Waals surface area contributed by atoms with Gasteiger partial charge in [-0.25, -0.2) is 8.42 Å². The molecule has 2 aliphatic rings. The first-order valence-electron chi connectivity index (χ1n) is 7.27. The van der Waals surface area contributed by atoms with Gasteiger partial charge in [-0.05, 0) is 51.6 Å². The van der Waals surface area contributed by atoms with Crippen LogP contribution < -0.4 is 5.32 Å². The summed E-state index contributed by atoms with van der Waals surface area (Å²) < 4.78 is 32.4. The maximum Gasteiger partial charge on any atom is 0.217 e. The molecule has 112 valence electrons. The molecule has 0 aromatic heterocycles. The first-order chi connectivity index (χ1) is 9.07. The molecule has 1 saturated carbocycles. The van der Waals surface area contributed by atoms with Crippen LogP contribution in [0.2, 0.25) is 0 Å². The van der Waals surface area contributed by atoms with Gasteiger partial charge in [0.2, 0.25) is 10.0 Å². The van der Waals surface area contributed by atoms with Crippen molar-refractivity contribution in [1.82, 2.24) is 9.62 Å². The van der Waals surface area contributed by atoms with Gasteiger partial charge in [0.15, 0.2) is 0 Å². The summed E-state index contributed by atoms with van der Waals surface area (Å²) in [4.78, 5) is 0. The van der Waals surface area contributed by atoms with E-state index in [2.05, 4.69) is 5.32 Å². The Bertz CT molecular complexity index is 375. The molecule has 0 aromatic rings. The van der Waals surface area contributed by atoms with Gasteiger partial charge in [0.25, 0.3) is 0 Å². The van der Waals surface area contributed by atoms with E-state index in [1.165, 1.54) is 0 Å². The number of nitrogens with zero attached hydrogens (tertiary/aromatic N) is 1. The number of methoxy groups -OCH3 is 1. The summed E-state index contributed by atoms with van der Waals surface area (Å²) in [5, 5.41) is 3.01. The molecule has 1 N–H and O–H groups in total. The highest BCUT2D eigenvalue weighted by atomic mass is 32.2. The average molecular weight is 290 g/mol. The lowest BCUT2D eigenvalue weighted by Crippen LogP contribution is -2.49. The number of nitrogens with one attached hydrogen (secondary N) is 1. The molecule has 0 bridgehead atoms. The number of piperidine rings is 1. The Morgan fingerprint density at radius 1 is 1.26 bits per heavy atom. The zero-order chi connectivity index (χ0) is 13.9. The van der Waals surface area contributed by atoms with Gasteiger partial charge in [-0.15, -0.1) is 0 Å². The Kier molecular flexibility index (Phi) is 5.22. The van der Waals surface area contributed by atoms with Gasteiger partial charge in [-0.2, -0.15) is 4.31 Å². The molecular weight excluding hydrogens is 264 g/mol. The third kappa shape index (κ3) is 3.68. The normalized spacial score (nSPS) is 23.7. The minimum absolute atomic E-state index is 0.120. The second-order valence-electron chi connectivity index (χ2n) is 5.68. The Balaban J connectivity index is 2.09. The summed E-state index contributed by atoms with van der Waals surface area (Å²) >= 11 is 0. The average Bonchev–Trinajstić information content (AvgIpc) is 3.24. The first-order valence-corrected chi connectivity index (χ1v) is 8.78. The molecule has 1 unspecified atom stereocenters. The van der Waals surface area contributed by atoms with Crippen molar-refractivity contribution in [1.29, 1.82) is 0 Å². The summed E-state index contributed by atoms with van der Waals surface area (Å²) in [6.45, 7) is 4.62. The summed E-state index contributed by atoms with van der Waals surface area (Å²) in [6.07, 6.45) is 3.77. The molecule has 1 heterocycles. The van der Waals surface area contributed by atoms with Crippen molar-refractivity contribution in [3.63, 3.8) is 0 Å². The van der Waals surface area contributed by atoms with Crippen molar-refractivity contribution in [3.05, 3.63) is 0 Å². The minimum Gasteiger partial charge on any atom is -0.383 e. The monoisotopic (exact) mass is 290 g/mol. The van der Waals surface area contributed by atoms with Gasteiger partial charge in [-0.1, -0.05) is 0 Å². The van der Waals surface area contributed by atoms with Crippen LogP contribution in [0.4, 0.5) is 0 Å². The maximum absolute atomic E-state index is 12.8. The minimum atomic E-state index is -3.19. The number of hydrogen-bond donors (Lipinski definition) is 1. The van der Waals surface area contributed by atoms with Gasteiger partial charge in [0, 0.05) is 19.7 Å². The van der Waals surface area contributed by atoms with Crippen LogP contribution in [-0.4, -0.2) is 57.4 Å². The summed E-state index contributed by atoms with van der Waals surface area (Å²) in [6, 6.07) is 0.120. The maximum atomic E-state index is 12.8. The van der Waals surface area contributed by atoms with Gasteiger partial charge < -0.3 is 10.1 Å². The number of hydrogen-bond acceptors (Lipinski definition) is 4. The fourth-order valence-electron chi connectivity index (χ4n) is 2.84. The zero-order valence-corrected chi connectivity index (χ0v) is 12.8. The zero-order valence-electron chi connectivity index (χ0n) is 12.0. The molecule has 1 atom stereocenters. The van der Waals surface area contributed by atoms with Gasteiger partial charge in [0.05, 0.1) is 11.9 Å². The van der Waals surface area contributed by atoms with Crippen LogP contribution in [0.25, 0.3) is 0 Å².